The van der Waals surface area contributed by atoms with E-state index < -0.39 is 17.3 Å². The first-order valence-electron chi connectivity index (χ1n) is 11.4. The van der Waals surface area contributed by atoms with Crippen LogP contribution in [0.25, 0.3) is 28.2 Å². The van der Waals surface area contributed by atoms with Crippen molar-refractivity contribution in [1.29, 1.82) is 0 Å². The molecule has 2 N–H and O–H groups in total. The highest BCUT2D eigenvalue weighted by atomic mass is 35.5. The zero-order chi connectivity index (χ0) is 25.7. The maximum Gasteiger partial charge on any atom is 0.305 e. The zero-order valence-corrected chi connectivity index (χ0v) is 20.7. The smallest absolute Gasteiger partial charge is 0.305 e. The zero-order valence-electron chi connectivity index (χ0n) is 19.9. The van der Waals surface area contributed by atoms with Crippen LogP contribution < -0.4 is 5.32 Å². The number of allylic oxidation sites excluding steroid dienone is 3. The number of carbonyl (C=O) groups excluding carboxylic acids is 1. The van der Waals surface area contributed by atoms with E-state index in [9.17, 15) is 9.59 Å². The van der Waals surface area contributed by atoms with Crippen molar-refractivity contribution in [1.82, 2.24) is 15.5 Å². The van der Waals surface area contributed by atoms with Gasteiger partial charge in [-0.25, -0.2) is 0 Å². The fourth-order valence-electron chi connectivity index (χ4n) is 4.03. The van der Waals surface area contributed by atoms with Crippen molar-refractivity contribution in [2.24, 2.45) is 5.92 Å². The number of benzene rings is 2. The van der Waals surface area contributed by atoms with Crippen LogP contribution in [-0.2, 0) is 20.9 Å². The molecule has 1 heterocycles. The number of carboxylic acids is 1. The van der Waals surface area contributed by atoms with Gasteiger partial charge in [-0.3, -0.25) is 9.59 Å². The molecule has 1 aliphatic rings. The third kappa shape index (κ3) is 5.72. The number of ether oxygens (including phenoxy) is 1. The van der Waals surface area contributed by atoms with Crippen molar-refractivity contribution in [2.75, 3.05) is 13.7 Å². The van der Waals surface area contributed by atoms with Gasteiger partial charge in [-0.15, -0.1) is 11.6 Å². The van der Waals surface area contributed by atoms with E-state index in [0.717, 1.165) is 22.3 Å². The van der Waals surface area contributed by atoms with Crippen LogP contribution in [0.2, 0.25) is 0 Å². The molecule has 0 radical (unpaired) electrons. The number of carbonyl (C=O) groups is 2. The first-order valence-corrected chi connectivity index (χ1v) is 11.9. The Morgan fingerprint density at radius 1 is 1.19 bits per heavy atom. The van der Waals surface area contributed by atoms with E-state index in [2.05, 4.69) is 34.5 Å². The molecule has 0 saturated heterocycles. The lowest BCUT2D eigenvalue weighted by atomic mass is 9.94. The number of methoxy groups -OCH3 is 1. The molecule has 36 heavy (non-hydrogen) atoms. The predicted molar refractivity (Wildman–Crippen MR) is 136 cm³/mol. The van der Waals surface area contributed by atoms with Crippen LogP contribution >= 0.6 is 11.6 Å². The lowest BCUT2D eigenvalue weighted by molar-refractivity contribution is -0.137. The Morgan fingerprint density at radius 2 is 2.00 bits per heavy atom. The van der Waals surface area contributed by atoms with Crippen molar-refractivity contribution >= 4 is 29.1 Å². The van der Waals surface area contributed by atoms with Crippen molar-refractivity contribution in [2.45, 2.75) is 25.3 Å². The summed E-state index contributed by atoms with van der Waals surface area (Å²) < 4.78 is 11.0. The molecule has 9 heteroatoms. The molecule has 0 saturated carbocycles. The fourth-order valence-corrected chi connectivity index (χ4v) is 4.37. The van der Waals surface area contributed by atoms with Gasteiger partial charge in [-0.1, -0.05) is 53.7 Å². The summed E-state index contributed by atoms with van der Waals surface area (Å²) in [7, 11) is 1.66. The van der Waals surface area contributed by atoms with Crippen molar-refractivity contribution in [3.63, 3.8) is 0 Å². The van der Waals surface area contributed by atoms with Crippen LogP contribution in [0, 0.1) is 12.8 Å². The number of aryl methyl sites for hydroxylation is 1. The van der Waals surface area contributed by atoms with Gasteiger partial charge in [0.1, 0.15) is 0 Å². The summed E-state index contributed by atoms with van der Waals surface area (Å²) in [6.07, 6.45) is 4.91. The van der Waals surface area contributed by atoms with E-state index in [0.29, 0.717) is 23.9 Å². The number of hydrogen-bond acceptors (Lipinski definition) is 6. The van der Waals surface area contributed by atoms with Crippen LogP contribution in [0.3, 0.4) is 0 Å². The summed E-state index contributed by atoms with van der Waals surface area (Å²) in [6, 6.07) is 14.1. The van der Waals surface area contributed by atoms with Gasteiger partial charge in [0.15, 0.2) is 0 Å². The van der Waals surface area contributed by atoms with Gasteiger partial charge in [0.2, 0.25) is 11.7 Å². The van der Waals surface area contributed by atoms with Crippen molar-refractivity contribution in [3.05, 3.63) is 77.6 Å². The fraction of sp³-hybridized carbons (Fsp3) is 0.259. The van der Waals surface area contributed by atoms with Crippen molar-refractivity contribution in [3.8, 4) is 22.6 Å². The maximum absolute atomic E-state index is 12.3. The number of nitrogens with one attached hydrogen (secondary N) is 1. The molecule has 0 fully saturated rings. The third-order valence-corrected chi connectivity index (χ3v) is 6.27. The van der Waals surface area contributed by atoms with E-state index in [1.165, 1.54) is 5.56 Å². The highest BCUT2D eigenvalue weighted by Crippen LogP contribution is 2.32. The van der Waals surface area contributed by atoms with Crippen LogP contribution in [0.1, 0.15) is 23.4 Å². The topological polar surface area (TPSA) is 115 Å². The standard InChI is InChI=1S/C27H26ClN3O5/c1-16-5-3-4-6-20(16)21-9-8-18(13-19(21)15-35-2)27-30-25(31-36-27)17-7-10-22(23(28)14-17)26(34)29-12-11-24(32)33/h3-10,13-14,22-23H,11-12,15H2,1-2H3,(H,29,34)(H,32,33). The van der Waals surface area contributed by atoms with Crippen molar-refractivity contribution < 1.29 is 24.0 Å². The molecule has 1 aromatic heterocycles. The molecule has 3 aromatic rings. The Morgan fingerprint density at radius 3 is 2.72 bits per heavy atom. The first kappa shape index (κ1) is 25.3. The highest BCUT2D eigenvalue weighted by Gasteiger charge is 2.27. The summed E-state index contributed by atoms with van der Waals surface area (Å²) in [5.74, 6) is -1.23. The molecular formula is C27H26ClN3O5. The van der Waals surface area contributed by atoms with Gasteiger partial charge in [-0.05, 0) is 41.3 Å². The highest BCUT2D eigenvalue weighted by molar-refractivity contribution is 6.24. The number of hydrogen-bond donors (Lipinski definition) is 2. The lowest BCUT2D eigenvalue weighted by Gasteiger charge is -2.19. The minimum atomic E-state index is -0.980. The molecule has 2 unspecified atom stereocenters. The molecule has 2 aromatic carbocycles. The summed E-state index contributed by atoms with van der Waals surface area (Å²) in [4.78, 5) is 27.5. The normalized spacial score (nSPS) is 17.0. The minimum Gasteiger partial charge on any atom is -0.481 e. The number of carboxylic acid groups (broad SMARTS) is 1. The number of rotatable bonds is 9. The molecule has 1 aliphatic carbocycles. The van der Waals surface area contributed by atoms with Gasteiger partial charge in [0, 0.05) is 24.8 Å². The van der Waals surface area contributed by atoms with Crippen LogP contribution in [0.15, 0.2) is 65.2 Å². The SMILES string of the molecule is COCc1cc(-c2nc(C3=CC(Cl)C(C(=O)NCCC(=O)O)C=C3)no2)ccc1-c1ccccc1C. The summed E-state index contributed by atoms with van der Waals surface area (Å²) in [5, 5.41) is 14.8. The minimum absolute atomic E-state index is 0.0422. The summed E-state index contributed by atoms with van der Waals surface area (Å²) >= 11 is 6.43. The predicted octanol–water partition coefficient (Wildman–Crippen LogP) is 4.63. The lowest BCUT2D eigenvalue weighted by Crippen LogP contribution is -2.36. The number of halogens is 1. The van der Waals surface area contributed by atoms with Crippen LogP contribution in [0.4, 0.5) is 0 Å². The second-order valence-corrected chi connectivity index (χ2v) is 8.93. The Hall–Kier alpha value is -3.75. The second-order valence-electron chi connectivity index (χ2n) is 8.43. The average molecular weight is 508 g/mol. The average Bonchev–Trinajstić information content (AvgIpc) is 3.35. The molecule has 0 bridgehead atoms. The molecular weight excluding hydrogens is 482 g/mol. The number of aromatic nitrogens is 2. The summed E-state index contributed by atoms with van der Waals surface area (Å²) in [6.45, 7) is 2.54. The van der Waals surface area contributed by atoms with E-state index in [4.69, 9.17) is 26.0 Å². The van der Waals surface area contributed by atoms with Gasteiger partial charge in [0.05, 0.1) is 24.3 Å². The van der Waals surface area contributed by atoms with Gasteiger partial charge < -0.3 is 19.7 Å². The van der Waals surface area contributed by atoms with Gasteiger partial charge in [0.25, 0.3) is 5.89 Å². The Balaban J connectivity index is 1.52. The van der Waals surface area contributed by atoms with Gasteiger partial charge >= 0.3 is 5.97 Å². The first-order chi connectivity index (χ1) is 17.4. The van der Waals surface area contributed by atoms with E-state index >= 15 is 0 Å². The quantitative estimate of drug-likeness (QED) is 0.406. The summed E-state index contributed by atoms with van der Waals surface area (Å²) in [5.41, 5.74) is 5.77. The molecule has 2 atom stereocenters. The van der Waals surface area contributed by atoms with E-state index in [1.54, 1.807) is 25.3 Å². The molecule has 1 amide bonds. The largest absolute Gasteiger partial charge is 0.481 e. The molecule has 186 valence electrons. The number of nitrogens with zero attached hydrogens (tertiary/aromatic N) is 2. The molecule has 4 rings (SSSR count). The third-order valence-electron chi connectivity index (χ3n) is 5.88. The van der Waals surface area contributed by atoms with E-state index in [1.807, 2.05) is 30.3 Å². The Kier molecular flexibility index (Phi) is 7.97. The van der Waals surface area contributed by atoms with E-state index in [-0.39, 0.29) is 18.9 Å². The van der Waals surface area contributed by atoms with Crippen LogP contribution in [0.5, 0.6) is 0 Å². The Labute approximate surface area is 213 Å². The number of amides is 1. The van der Waals surface area contributed by atoms with Crippen LogP contribution in [-0.4, -0.2) is 46.2 Å². The second kappa shape index (κ2) is 11.3. The maximum atomic E-state index is 12.3. The molecule has 0 aliphatic heterocycles. The molecule has 8 nitrogen and oxygen atoms in total. The Bertz CT molecular complexity index is 1330. The number of alkyl halides is 1. The van der Waals surface area contributed by atoms with Gasteiger partial charge in [-0.2, -0.15) is 4.98 Å². The monoisotopic (exact) mass is 507 g/mol. The number of aliphatic carboxylic acids is 1. The molecule has 0 spiro atoms.